The molecular formula is C17H13F6NO2. The molecule has 0 bridgehead atoms. The lowest BCUT2D eigenvalue weighted by molar-refractivity contribution is -0.143. The quantitative estimate of drug-likeness (QED) is 0.751. The van der Waals surface area contributed by atoms with Gasteiger partial charge in [0, 0.05) is 5.69 Å². The number of amides is 1. The van der Waals surface area contributed by atoms with Crippen LogP contribution in [0.1, 0.15) is 18.1 Å². The average Bonchev–Trinajstić information content (AvgIpc) is 2.53. The summed E-state index contributed by atoms with van der Waals surface area (Å²) in [6, 6.07) is 8.95. The summed E-state index contributed by atoms with van der Waals surface area (Å²) >= 11 is 0. The molecule has 0 saturated carbocycles. The molecule has 1 amide bonds. The van der Waals surface area contributed by atoms with Gasteiger partial charge in [0.25, 0.3) is 5.91 Å². The van der Waals surface area contributed by atoms with E-state index in [1.54, 1.807) is 30.3 Å². The first-order chi connectivity index (χ1) is 12.0. The fourth-order valence-electron chi connectivity index (χ4n) is 2.02. The topological polar surface area (TPSA) is 38.3 Å². The van der Waals surface area contributed by atoms with Crippen LogP contribution < -0.4 is 10.1 Å². The summed E-state index contributed by atoms with van der Waals surface area (Å²) in [6.45, 7) is 1.21. The van der Waals surface area contributed by atoms with Crippen molar-refractivity contribution in [3.63, 3.8) is 0 Å². The third-order valence-electron chi connectivity index (χ3n) is 3.28. The highest BCUT2D eigenvalue weighted by atomic mass is 19.4. The lowest BCUT2D eigenvalue weighted by atomic mass is 10.1. The molecule has 2 aromatic carbocycles. The number of para-hydroxylation sites is 1. The Kier molecular flexibility index (Phi) is 5.48. The molecule has 0 unspecified atom stereocenters. The Morgan fingerprint density at radius 1 is 0.923 bits per heavy atom. The second-order valence-electron chi connectivity index (χ2n) is 5.36. The molecule has 1 N–H and O–H groups in total. The van der Waals surface area contributed by atoms with Gasteiger partial charge in [-0.05, 0) is 37.3 Å². The van der Waals surface area contributed by atoms with Crippen molar-refractivity contribution in [2.24, 2.45) is 0 Å². The van der Waals surface area contributed by atoms with E-state index in [0.717, 1.165) is 0 Å². The number of ether oxygens (including phenoxy) is 1. The van der Waals surface area contributed by atoms with Crippen LogP contribution in [0.4, 0.5) is 32.0 Å². The monoisotopic (exact) mass is 377 g/mol. The number of hydrogen-bond acceptors (Lipinski definition) is 2. The van der Waals surface area contributed by atoms with Crippen molar-refractivity contribution < 1.29 is 35.9 Å². The van der Waals surface area contributed by atoms with Gasteiger partial charge < -0.3 is 10.1 Å². The Hall–Kier alpha value is -2.71. The molecule has 0 radical (unpaired) electrons. The van der Waals surface area contributed by atoms with Gasteiger partial charge in [0.05, 0.1) is 11.1 Å². The van der Waals surface area contributed by atoms with Crippen LogP contribution in [0.5, 0.6) is 5.75 Å². The van der Waals surface area contributed by atoms with Gasteiger partial charge in [-0.2, -0.15) is 26.3 Å². The zero-order chi connectivity index (χ0) is 19.5. The molecule has 0 aliphatic rings. The Labute approximate surface area is 144 Å². The second-order valence-corrected chi connectivity index (χ2v) is 5.36. The number of nitrogens with one attached hydrogen (secondary N) is 1. The van der Waals surface area contributed by atoms with E-state index in [2.05, 4.69) is 5.32 Å². The predicted molar refractivity (Wildman–Crippen MR) is 81.6 cm³/mol. The van der Waals surface area contributed by atoms with E-state index in [1.165, 1.54) is 6.92 Å². The summed E-state index contributed by atoms with van der Waals surface area (Å²) in [6.07, 6.45) is -11.3. The van der Waals surface area contributed by atoms with Crippen LogP contribution in [0.3, 0.4) is 0 Å². The summed E-state index contributed by atoms with van der Waals surface area (Å²) in [4.78, 5) is 12.0. The van der Waals surface area contributed by atoms with Crippen molar-refractivity contribution in [2.45, 2.75) is 25.4 Å². The lowest BCUT2D eigenvalue weighted by Gasteiger charge is -2.18. The maximum absolute atomic E-state index is 12.8. The molecule has 26 heavy (non-hydrogen) atoms. The van der Waals surface area contributed by atoms with E-state index in [-0.39, 0.29) is 6.07 Å². The molecule has 0 saturated heterocycles. The molecule has 0 heterocycles. The number of benzene rings is 2. The minimum absolute atomic E-state index is 0.0123. The maximum Gasteiger partial charge on any atom is 0.416 e. The fraction of sp³-hybridized carbons (Fsp3) is 0.235. The lowest BCUT2D eigenvalue weighted by Crippen LogP contribution is -2.30. The van der Waals surface area contributed by atoms with Gasteiger partial charge in [-0.15, -0.1) is 0 Å². The molecule has 9 heteroatoms. The number of carbonyl (C=O) groups excluding carboxylic acids is 1. The number of carbonyl (C=O) groups is 1. The summed E-state index contributed by atoms with van der Waals surface area (Å²) in [5, 5.41) is 2.44. The van der Waals surface area contributed by atoms with Crippen molar-refractivity contribution in [1.82, 2.24) is 0 Å². The summed E-state index contributed by atoms with van der Waals surface area (Å²) < 4.78 is 81.9. The molecule has 0 aliphatic heterocycles. The average molecular weight is 377 g/mol. The zero-order valence-electron chi connectivity index (χ0n) is 13.3. The third kappa shape index (κ3) is 5.14. The molecule has 0 aromatic heterocycles. The van der Waals surface area contributed by atoms with Gasteiger partial charge >= 0.3 is 12.4 Å². The van der Waals surface area contributed by atoms with Crippen LogP contribution in [0.15, 0.2) is 48.5 Å². The van der Waals surface area contributed by atoms with E-state index < -0.39 is 41.2 Å². The maximum atomic E-state index is 12.8. The highest BCUT2D eigenvalue weighted by Gasteiger charge is 2.37. The first kappa shape index (κ1) is 19.6. The van der Waals surface area contributed by atoms with Gasteiger partial charge in [0.15, 0.2) is 6.10 Å². The van der Waals surface area contributed by atoms with Gasteiger partial charge in [-0.3, -0.25) is 4.79 Å². The Bertz CT molecular complexity index is 739. The molecule has 1 atom stereocenters. The van der Waals surface area contributed by atoms with Crippen molar-refractivity contribution in [2.75, 3.05) is 5.32 Å². The molecule has 3 nitrogen and oxygen atoms in total. The van der Waals surface area contributed by atoms with Gasteiger partial charge in [0.1, 0.15) is 5.75 Å². The molecule has 0 spiro atoms. The normalized spacial score (nSPS) is 13.2. The van der Waals surface area contributed by atoms with Crippen LogP contribution in [0.25, 0.3) is 0 Å². The number of halogens is 6. The van der Waals surface area contributed by atoms with Crippen LogP contribution >= 0.6 is 0 Å². The van der Waals surface area contributed by atoms with E-state index in [0.29, 0.717) is 17.8 Å². The summed E-state index contributed by atoms with van der Waals surface area (Å²) in [5.41, 5.74) is -2.62. The SMILES string of the molecule is C[C@@H](Oc1cc(C(F)(F)F)cc(C(F)(F)F)c1)C(=O)Nc1ccccc1. The fourth-order valence-corrected chi connectivity index (χ4v) is 2.02. The molecule has 140 valence electrons. The second kappa shape index (κ2) is 7.27. The van der Waals surface area contributed by atoms with E-state index >= 15 is 0 Å². The van der Waals surface area contributed by atoms with Gasteiger partial charge in [-0.1, -0.05) is 18.2 Å². The van der Waals surface area contributed by atoms with Crippen LogP contribution in [-0.2, 0) is 17.1 Å². The van der Waals surface area contributed by atoms with E-state index in [1.807, 2.05) is 0 Å². The number of alkyl halides is 6. The van der Waals surface area contributed by atoms with Gasteiger partial charge in [0.2, 0.25) is 0 Å². The van der Waals surface area contributed by atoms with Crippen molar-refractivity contribution >= 4 is 11.6 Å². The number of anilines is 1. The first-order valence-electron chi connectivity index (χ1n) is 7.29. The first-order valence-corrected chi connectivity index (χ1v) is 7.29. The Balaban J connectivity index is 2.23. The third-order valence-corrected chi connectivity index (χ3v) is 3.28. The van der Waals surface area contributed by atoms with Crippen LogP contribution in [-0.4, -0.2) is 12.0 Å². The zero-order valence-corrected chi connectivity index (χ0v) is 13.3. The van der Waals surface area contributed by atoms with E-state index in [9.17, 15) is 31.1 Å². The van der Waals surface area contributed by atoms with E-state index in [4.69, 9.17) is 4.74 Å². The Morgan fingerprint density at radius 2 is 1.42 bits per heavy atom. The van der Waals surface area contributed by atoms with Crippen molar-refractivity contribution in [1.29, 1.82) is 0 Å². The summed E-state index contributed by atoms with van der Waals surface area (Å²) in [7, 11) is 0. The van der Waals surface area contributed by atoms with Crippen molar-refractivity contribution in [3.8, 4) is 5.75 Å². The highest BCUT2D eigenvalue weighted by Crippen LogP contribution is 2.38. The van der Waals surface area contributed by atoms with Crippen LogP contribution in [0, 0.1) is 0 Å². The largest absolute Gasteiger partial charge is 0.481 e. The molecular weight excluding hydrogens is 364 g/mol. The predicted octanol–water partition coefficient (Wildman–Crippen LogP) is 5.13. The number of hydrogen-bond donors (Lipinski definition) is 1. The van der Waals surface area contributed by atoms with Crippen LogP contribution in [0.2, 0.25) is 0 Å². The van der Waals surface area contributed by atoms with Crippen molar-refractivity contribution in [3.05, 3.63) is 59.7 Å². The summed E-state index contributed by atoms with van der Waals surface area (Å²) in [5.74, 6) is -1.43. The molecule has 2 aromatic rings. The highest BCUT2D eigenvalue weighted by molar-refractivity contribution is 5.94. The van der Waals surface area contributed by atoms with Gasteiger partial charge in [-0.25, -0.2) is 0 Å². The minimum atomic E-state index is -4.99. The molecule has 0 fully saturated rings. The Morgan fingerprint density at radius 3 is 1.88 bits per heavy atom. The number of rotatable bonds is 4. The smallest absolute Gasteiger partial charge is 0.416 e. The molecule has 2 rings (SSSR count). The molecule has 0 aliphatic carbocycles. The standard InChI is InChI=1S/C17H13F6NO2/c1-10(15(25)24-13-5-3-2-4-6-13)26-14-8-11(16(18,19)20)7-12(9-14)17(21,22)23/h2-10H,1H3,(H,24,25)/t10-/m1/s1. The minimum Gasteiger partial charge on any atom is -0.481 e.